The number of urea groups is 1. The van der Waals surface area contributed by atoms with Crippen molar-refractivity contribution in [3.05, 3.63) is 59.7 Å². The molecule has 6 nitrogen and oxygen atoms in total. The van der Waals surface area contributed by atoms with Gasteiger partial charge in [0.2, 0.25) is 5.91 Å². The van der Waals surface area contributed by atoms with Gasteiger partial charge in [-0.25, -0.2) is 9.18 Å². The molecule has 0 spiro atoms. The molecular formula is C21H27FN4O2. The molecule has 1 aliphatic heterocycles. The maximum atomic E-state index is 13.9. The van der Waals surface area contributed by atoms with Gasteiger partial charge in [-0.2, -0.15) is 0 Å². The molecule has 0 fully saturated rings. The molecule has 2 heterocycles. The van der Waals surface area contributed by atoms with Crippen molar-refractivity contribution in [3.63, 3.8) is 0 Å². The van der Waals surface area contributed by atoms with Gasteiger partial charge in [-0.1, -0.05) is 12.1 Å². The first-order valence-electron chi connectivity index (χ1n) is 9.47. The number of hydrogen-bond acceptors (Lipinski definition) is 2. The molecule has 1 unspecified atom stereocenters. The summed E-state index contributed by atoms with van der Waals surface area (Å²) in [4.78, 5) is 30.5. The largest absolute Gasteiger partial charge is 0.348 e. The van der Waals surface area contributed by atoms with Crippen LogP contribution in [0.1, 0.15) is 31.1 Å². The van der Waals surface area contributed by atoms with E-state index >= 15 is 0 Å². The highest BCUT2D eigenvalue weighted by Crippen LogP contribution is 2.33. The number of halogens is 1. The molecule has 0 saturated heterocycles. The predicted octanol–water partition coefficient (Wildman–Crippen LogP) is 2.95. The number of hydrogen-bond donors (Lipinski definition) is 0. The smallest absolute Gasteiger partial charge is 0.320 e. The second kappa shape index (κ2) is 8.04. The summed E-state index contributed by atoms with van der Waals surface area (Å²) < 4.78 is 16.0. The normalized spacial score (nSPS) is 16.1. The molecule has 1 aromatic heterocycles. The SMILES string of the molecule is CC(C)N(CC(=O)N1CCn2cccc2C1c1cccc(F)c1)C(=O)N(C)C. The first kappa shape index (κ1) is 19.9. The maximum absolute atomic E-state index is 13.9. The van der Waals surface area contributed by atoms with Crippen molar-refractivity contribution in [2.45, 2.75) is 32.5 Å². The fraction of sp³-hybridized carbons (Fsp3) is 0.429. The number of nitrogens with zero attached hydrogens (tertiary/aromatic N) is 4. The highest BCUT2D eigenvalue weighted by molar-refractivity contribution is 5.84. The molecular weight excluding hydrogens is 359 g/mol. The molecule has 150 valence electrons. The quantitative estimate of drug-likeness (QED) is 0.811. The average Bonchev–Trinajstić information content (AvgIpc) is 3.12. The van der Waals surface area contributed by atoms with Gasteiger partial charge in [-0.05, 0) is 43.7 Å². The Bertz CT molecular complexity index is 862. The standard InChI is InChI=1S/C21H27FN4O2/c1-15(2)26(21(28)23(3)4)14-19(27)25-12-11-24-10-6-9-18(24)20(25)16-7-5-8-17(22)13-16/h5-10,13,15,20H,11-12,14H2,1-4H3. The number of carbonyl (C=O) groups excluding carboxylic acids is 2. The van der Waals surface area contributed by atoms with E-state index < -0.39 is 0 Å². The lowest BCUT2D eigenvalue weighted by Crippen LogP contribution is -2.51. The van der Waals surface area contributed by atoms with Crippen molar-refractivity contribution in [2.75, 3.05) is 27.2 Å². The van der Waals surface area contributed by atoms with Crippen LogP contribution in [0.2, 0.25) is 0 Å². The fourth-order valence-corrected chi connectivity index (χ4v) is 3.64. The van der Waals surface area contributed by atoms with Crippen LogP contribution in [-0.4, -0.2) is 64.4 Å². The van der Waals surface area contributed by atoms with E-state index in [2.05, 4.69) is 4.57 Å². The summed E-state index contributed by atoms with van der Waals surface area (Å²) in [6.07, 6.45) is 1.97. The highest BCUT2D eigenvalue weighted by atomic mass is 19.1. The van der Waals surface area contributed by atoms with Gasteiger partial charge in [0.15, 0.2) is 0 Å². The Morgan fingerprint density at radius 2 is 1.93 bits per heavy atom. The Hall–Kier alpha value is -2.83. The van der Waals surface area contributed by atoms with Crippen molar-refractivity contribution in [2.24, 2.45) is 0 Å². The molecule has 0 saturated carbocycles. The zero-order chi connectivity index (χ0) is 20.4. The van der Waals surface area contributed by atoms with Crippen molar-refractivity contribution in [3.8, 4) is 0 Å². The zero-order valence-electron chi connectivity index (χ0n) is 16.8. The van der Waals surface area contributed by atoms with E-state index in [1.54, 1.807) is 30.0 Å². The Kier molecular flexibility index (Phi) is 5.72. The van der Waals surface area contributed by atoms with Gasteiger partial charge in [0, 0.05) is 45.1 Å². The lowest BCUT2D eigenvalue weighted by Gasteiger charge is -2.39. The molecule has 0 radical (unpaired) electrons. The molecule has 3 amide bonds. The van der Waals surface area contributed by atoms with Crippen molar-refractivity contribution < 1.29 is 14.0 Å². The summed E-state index contributed by atoms with van der Waals surface area (Å²) >= 11 is 0. The van der Waals surface area contributed by atoms with Gasteiger partial charge in [0.1, 0.15) is 12.4 Å². The first-order valence-corrected chi connectivity index (χ1v) is 9.47. The summed E-state index contributed by atoms with van der Waals surface area (Å²) in [7, 11) is 3.34. The van der Waals surface area contributed by atoms with Gasteiger partial charge in [0.05, 0.1) is 6.04 Å². The minimum absolute atomic E-state index is 0.0127. The van der Waals surface area contributed by atoms with Gasteiger partial charge >= 0.3 is 6.03 Å². The molecule has 2 aromatic rings. The molecule has 0 aliphatic carbocycles. The molecule has 1 atom stereocenters. The van der Waals surface area contributed by atoms with Gasteiger partial charge in [-0.3, -0.25) is 4.79 Å². The van der Waals surface area contributed by atoms with Gasteiger partial charge in [-0.15, -0.1) is 0 Å². The Morgan fingerprint density at radius 3 is 2.57 bits per heavy atom. The number of fused-ring (bicyclic) bond motifs is 1. The maximum Gasteiger partial charge on any atom is 0.320 e. The van der Waals surface area contributed by atoms with E-state index in [1.807, 2.05) is 38.2 Å². The van der Waals surface area contributed by atoms with Crippen LogP contribution in [0.5, 0.6) is 0 Å². The molecule has 1 aliphatic rings. The Balaban J connectivity index is 1.92. The third-order valence-corrected chi connectivity index (χ3v) is 5.08. The second-order valence-electron chi connectivity index (χ2n) is 7.57. The fourth-order valence-electron chi connectivity index (χ4n) is 3.64. The van der Waals surface area contributed by atoms with Crippen molar-refractivity contribution >= 4 is 11.9 Å². The summed E-state index contributed by atoms with van der Waals surface area (Å²) in [5.41, 5.74) is 1.67. The monoisotopic (exact) mass is 386 g/mol. The van der Waals surface area contributed by atoms with Crippen LogP contribution in [0.15, 0.2) is 42.6 Å². The van der Waals surface area contributed by atoms with Gasteiger partial charge in [0.25, 0.3) is 0 Å². The van der Waals surface area contributed by atoms with Crippen LogP contribution in [0.4, 0.5) is 9.18 Å². The number of carbonyl (C=O) groups is 2. The lowest BCUT2D eigenvalue weighted by molar-refractivity contribution is -0.135. The van der Waals surface area contributed by atoms with E-state index in [1.165, 1.54) is 17.0 Å². The lowest BCUT2D eigenvalue weighted by atomic mass is 9.99. The summed E-state index contributed by atoms with van der Waals surface area (Å²) in [6, 6.07) is 9.56. The third-order valence-electron chi connectivity index (χ3n) is 5.08. The van der Waals surface area contributed by atoms with E-state index in [9.17, 15) is 14.0 Å². The van der Waals surface area contributed by atoms with Gasteiger partial charge < -0.3 is 19.3 Å². The summed E-state index contributed by atoms with van der Waals surface area (Å²) in [5.74, 6) is -0.481. The molecule has 3 rings (SSSR count). The number of benzene rings is 1. The van der Waals surface area contributed by atoms with Crippen LogP contribution in [0.3, 0.4) is 0 Å². The molecule has 0 bridgehead atoms. The van der Waals surface area contributed by atoms with E-state index in [0.29, 0.717) is 13.1 Å². The summed E-state index contributed by atoms with van der Waals surface area (Å²) in [5, 5.41) is 0. The first-order chi connectivity index (χ1) is 13.3. The van der Waals surface area contributed by atoms with Crippen molar-refractivity contribution in [1.29, 1.82) is 0 Å². The topological polar surface area (TPSA) is 48.8 Å². The van der Waals surface area contributed by atoms with Crippen molar-refractivity contribution in [1.82, 2.24) is 19.3 Å². The van der Waals surface area contributed by atoms with E-state index in [-0.39, 0.29) is 36.4 Å². The minimum atomic E-state index is -0.379. The van der Waals surface area contributed by atoms with E-state index in [0.717, 1.165) is 11.3 Å². The Labute approximate surface area is 165 Å². The number of rotatable bonds is 4. The highest BCUT2D eigenvalue weighted by Gasteiger charge is 2.34. The zero-order valence-corrected chi connectivity index (χ0v) is 16.8. The molecule has 7 heteroatoms. The second-order valence-corrected chi connectivity index (χ2v) is 7.57. The third kappa shape index (κ3) is 3.88. The number of amides is 3. The minimum Gasteiger partial charge on any atom is -0.348 e. The average molecular weight is 386 g/mol. The molecule has 0 N–H and O–H groups in total. The van der Waals surface area contributed by atoms with E-state index in [4.69, 9.17) is 0 Å². The molecule has 1 aromatic carbocycles. The van der Waals surface area contributed by atoms with Crippen LogP contribution in [0.25, 0.3) is 0 Å². The Morgan fingerprint density at radius 1 is 1.18 bits per heavy atom. The van der Waals surface area contributed by atoms with Crippen LogP contribution >= 0.6 is 0 Å². The summed E-state index contributed by atoms with van der Waals surface area (Å²) in [6.45, 7) is 4.94. The van der Waals surface area contributed by atoms with Crippen LogP contribution < -0.4 is 0 Å². The van der Waals surface area contributed by atoms with Crippen LogP contribution in [0, 0.1) is 5.82 Å². The van der Waals surface area contributed by atoms with Crippen LogP contribution in [-0.2, 0) is 11.3 Å². The predicted molar refractivity (Wildman–Crippen MR) is 105 cm³/mol. The molecule has 28 heavy (non-hydrogen) atoms. The number of aromatic nitrogens is 1.